The smallest absolute Gasteiger partial charge is 0.226 e. The Kier molecular flexibility index (Phi) is 4.27. The second kappa shape index (κ2) is 6.78. The van der Waals surface area contributed by atoms with Crippen molar-refractivity contribution in [3.05, 3.63) is 95.1 Å². The van der Waals surface area contributed by atoms with Gasteiger partial charge in [-0.25, -0.2) is 9.53 Å². The van der Waals surface area contributed by atoms with Crippen LogP contribution in [0, 0.1) is 17.9 Å². The first-order chi connectivity index (χ1) is 14.9. The van der Waals surface area contributed by atoms with Gasteiger partial charge in [-0.2, -0.15) is 5.10 Å². The minimum Gasteiger partial charge on any atom is -0.307 e. The van der Waals surface area contributed by atoms with Crippen LogP contribution in [0.15, 0.2) is 72.4 Å². The van der Waals surface area contributed by atoms with Gasteiger partial charge in [0.15, 0.2) is 5.78 Å². The molecule has 0 spiro atoms. The van der Waals surface area contributed by atoms with Crippen LogP contribution >= 0.6 is 0 Å². The largest absolute Gasteiger partial charge is 0.307 e. The summed E-state index contributed by atoms with van der Waals surface area (Å²) in [6.45, 7) is 13.8. The lowest BCUT2D eigenvalue weighted by Gasteiger charge is -2.49. The zero-order chi connectivity index (χ0) is 21.8. The van der Waals surface area contributed by atoms with E-state index in [1.54, 1.807) is 0 Å². The van der Waals surface area contributed by atoms with Crippen LogP contribution < -0.4 is 0 Å². The third-order valence-corrected chi connectivity index (χ3v) is 7.19. The molecule has 0 saturated carbocycles. The van der Waals surface area contributed by atoms with Crippen molar-refractivity contribution in [3.63, 3.8) is 0 Å². The second-order valence-electron chi connectivity index (χ2n) is 9.36. The molecule has 0 radical (unpaired) electrons. The molecule has 31 heavy (non-hydrogen) atoms. The molecule has 1 heterocycles. The van der Waals surface area contributed by atoms with Crippen LogP contribution in [0.3, 0.4) is 0 Å². The third-order valence-electron chi connectivity index (χ3n) is 7.19. The highest BCUT2D eigenvalue weighted by Gasteiger charge is 2.55. The molecule has 2 aliphatic rings. The van der Waals surface area contributed by atoms with E-state index in [2.05, 4.69) is 48.2 Å². The number of aromatic nitrogens is 2. The Morgan fingerprint density at radius 2 is 1.68 bits per heavy atom. The van der Waals surface area contributed by atoms with Gasteiger partial charge in [0.2, 0.25) is 5.70 Å². The molecule has 154 valence electrons. The molecule has 0 amide bonds. The van der Waals surface area contributed by atoms with E-state index < -0.39 is 10.8 Å². The maximum Gasteiger partial charge on any atom is 0.226 e. The fourth-order valence-electron chi connectivity index (χ4n) is 5.72. The molecular formula is C27H25N3O. The summed E-state index contributed by atoms with van der Waals surface area (Å²) in [6, 6.07) is 20.6. The van der Waals surface area contributed by atoms with E-state index in [9.17, 15) is 4.79 Å². The van der Waals surface area contributed by atoms with Crippen LogP contribution in [0.2, 0.25) is 0 Å². The van der Waals surface area contributed by atoms with Crippen molar-refractivity contribution in [1.29, 1.82) is 0 Å². The van der Waals surface area contributed by atoms with Crippen molar-refractivity contribution in [2.75, 3.05) is 0 Å². The van der Waals surface area contributed by atoms with Crippen molar-refractivity contribution < 1.29 is 4.79 Å². The van der Waals surface area contributed by atoms with Crippen molar-refractivity contribution in [3.8, 4) is 16.9 Å². The Morgan fingerprint density at radius 3 is 2.32 bits per heavy atom. The first-order valence-electron chi connectivity index (χ1n) is 10.8. The Balaban J connectivity index is 1.82. The first-order valence-corrected chi connectivity index (χ1v) is 10.8. The van der Waals surface area contributed by atoms with Gasteiger partial charge in [0, 0.05) is 22.0 Å². The normalized spacial score (nSPS) is 24.0. The Morgan fingerprint density at radius 1 is 1.03 bits per heavy atom. The van der Waals surface area contributed by atoms with Crippen molar-refractivity contribution in [2.24, 2.45) is 11.3 Å². The van der Waals surface area contributed by atoms with E-state index in [0.29, 0.717) is 0 Å². The third kappa shape index (κ3) is 2.73. The maximum atomic E-state index is 13.0. The fraction of sp³-hybridized carbons (Fsp3) is 0.296. The van der Waals surface area contributed by atoms with Crippen LogP contribution in [-0.4, -0.2) is 15.6 Å². The number of Topliss-reactive ketones (excluding diaryl/α,β-unsaturated/α-hetero) is 1. The molecule has 0 saturated heterocycles. The van der Waals surface area contributed by atoms with Crippen LogP contribution in [0.25, 0.3) is 21.8 Å². The van der Waals surface area contributed by atoms with Crippen molar-refractivity contribution >= 4 is 5.78 Å². The predicted molar refractivity (Wildman–Crippen MR) is 122 cm³/mol. The molecule has 2 atom stereocenters. The van der Waals surface area contributed by atoms with Gasteiger partial charge >= 0.3 is 0 Å². The standard InChI is InChI=1S/C27H25N3O/c1-26(2)22-16-15-20-23(18-11-7-5-8-12-18)30(19-13-9-6-10-14-19)29-24(20)27(22,3)17-21(28-4)25(26)31/h5-14,17,22H,15-16H2,1-3H3/t22-,27-/m0/s1. The molecule has 5 rings (SSSR count). The average Bonchev–Trinajstić information content (AvgIpc) is 3.18. The van der Waals surface area contributed by atoms with E-state index in [4.69, 9.17) is 11.7 Å². The highest BCUT2D eigenvalue weighted by Crippen LogP contribution is 2.55. The zero-order valence-electron chi connectivity index (χ0n) is 18.1. The van der Waals surface area contributed by atoms with Gasteiger partial charge in [-0.15, -0.1) is 0 Å². The molecule has 2 aromatic carbocycles. The topological polar surface area (TPSA) is 39.2 Å². The van der Waals surface area contributed by atoms with Gasteiger partial charge in [0.1, 0.15) is 0 Å². The molecule has 0 N–H and O–H groups in total. The van der Waals surface area contributed by atoms with Gasteiger partial charge < -0.3 is 4.79 Å². The molecule has 0 bridgehead atoms. The summed E-state index contributed by atoms with van der Waals surface area (Å²) in [7, 11) is 0. The number of para-hydroxylation sites is 1. The lowest BCUT2D eigenvalue weighted by Crippen LogP contribution is -2.50. The summed E-state index contributed by atoms with van der Waals surface area (Å²) in [5.41, 5.74) is 4.65. The molecule has 0 fully saturated rings. The van der Waals surface area contributed by atoms with E-state index in [1.807, 2.05) is 48.9 Å². The number of nitrogens with zero attached hydrogens (tertiary/aromatic N) is 3. The summed E-state index contributed by atoms with van der Waals surface area (Å²) in [6.07, 6.45) is 3.65. The second-order valence-corrected chi connectivity index (χ2v) is 9.36. The lowest BCUT2D eigenvalue weighted by molar-refractivity contribution is -0.128. The van der Waals surface area contributed by atoms with Gasteiger partial charge in [-0.1, -0.05) is 75.4 Å². The molecule has 4 heteroatoms. The van der Waals surface area contributed by atoms with Crippen LogP contribution in [0.5, 0.6) is 0 Å². The van der Waals surface area contributed by atoms with Gasteiger partial charge in [0.25, 0.3) is 0 Å². The number of benzene rings is 2. The summed E-state index contributed by atoms with van der Waals surface area (Å²) < 4.78 is 2.04. The maximum absolute atomic E-state index is 13.0. The van der Waals surface area contributed by atoms with E-state index in [0.717, 1.165) is 35.5 Å². The van der Waals surface area contributed by atoms with E-state index in [1.165, 1.54) is 5.56 Å². The number of hydrogen-bond donors (Lipinski definition) is 0. The molecule has 0 unspecified atom stereocenters. The SMILES string of the molecule is [C-]#[N+]C1=C[C@]2(C)c3nn(-c4ccccc4)c(-c4ccccc4)c3CC[C@H]2C(C)(C)C1=O. The number of allylic oxidation sites excluding steroid dienone is 2. The lowest BCUT2D eigenvalue weighted by atomic mass is 9.53. The molecule has 0 aliphatic heterocycles. The van der Waals surface area contributed by atoms with Gasteiger partial charge in [-0.3, -0.25) is 0 Å². The van der Waals surface area contributed by atoms with Gasteiger partial charge in [0.05, 0.1) is 23.6 Å². The minimum absolute atomic E-state index is 0.0424. The average molecular weight is 408 g/mol. The highest BCUT2D eigenvalue weighted by atomic mass is 16.1. The molecular weight excluding hydrogens is 382 g/mol. The van der Waals surface area contributed by atoms with E-state index >= 15 is 0 Å². The quantitative estimate of drug-likeness (QED) is 0.506. The predicted octanol–water partition coefficient (Wildman–Crippen LogP) is 5.77. The summed E-state index contributed by atoms with van der Waals surface area (Å²) in [5.74, 6) is 0.0625. The van der Waals surface area contributed by atoms with Crippen LogP contribution in [0.1, 0.15) is 38.4 Å². The Hall–Kier alpha value is -3.45. The molecule has 1 aromatic heterocycles. The molecule has 4 nitrogen and oxygen atoms in total. The molecule has 3 aromatic rings. The van der Waals surface area contributed by atoms with Crippen molar-refractivity contribution in [1.82, 2.24) is 9.78 Å². The zero-order valence-corrected chi connectivity index (χ0v) is 18.1. The first kappa shape index (κ1) is 19.5. The Labute approximate surface area is 183 Å². The van der Waals surface area contributed by atoms with E-state index in [-0.39, 0.29) is 17.4 Å². The number of fused-ring (bicyclic) bond motifs is 3. The van der Waals surface area contributed by atoms with Crippen LogP contribution in [-0.2, 0) is 16.6 Å². The number of rotatable bonds is 2. The number of carbonyl (C=O) groups excluding carboxylic acids is 1. The number of ketones is 1. The monoisotopic (exact) mass is 407 g/mol. The fourth-order valence-corrected chi connectivity index (χ4v) is 5.72. The summed E-state index contributed by atoms with van der Waals surface area (Å²) >= 11 is 0. The summed E-state index contributed by atoms with van der Waals surface area (Å²) in [5, 5.41) is 5.17. The summed E-state index contributed by atoms with van der Waals surface area (Å²) in [4.78, 5) is 16.6. The van der Waals surface area contributed by atoms with Crippen molar-refractivity contribution in [2.45, 2.75) is 39.0 Å². The minimum atomic E-state index is -0.593. The Bertz CT molecular complexity index is 1240. The van der Waals surface area contributed by atoms with Gasteiger partial charge in [-0.05, 0) is 30.9 Å². The van der Waals surface area contributed by atoms with Crippen LogP contribution in [0.4, 0.5) is 0 Å². The molecule has 2 aliphatic carbocycles. The number of carbonyl (C=O) groups is 1. The number of hydrogen-bond acceptors (Lipinski definition) is 2. The highest BCUT2D eigenvalue weighted by molar-refractivity contribution is 6.02.